The van der Waals surface area contributed by atoms with Gasteiger partial charge in [0.1, 0.15) is 6.04 Å². The van der Waals surface area contributed by atoms with Gasteiger partial charge in [-0.3, -0.25) is 14.8 Å². The number of hydrogen-bond acceptors (Lipinski definition) is 6. The zero-order valence-corrected chi connectivity index (χ0v) is 13.8. The van der Waals surface area contributed by atoms with E-state index < -0.39 is 16.1 Å². The Bertz CT molecular complexity index is 783. The molecular formula is C14H18N4O4S. The molecule has 0 saturated heterocycles. The van der Waals surface area contributed by atoms with Crippen molar-refractivity contribution in [2.24, 2.45) is 0 Å². The highest BCUT2D eigenvalue weighted by Crippen LogP contribution is 2.16. The van der Waals surface area contributed by atoms with E-state index in [1.165, 1.54) is 0 Å². The van der Waals surface area contributed by atoms with Crippen molar-refractivity contribution in [3.63, 3.8) is 0 Å². The van der Waals surface area contributed by atoms with Crippen LogP contribution in [0.3, 0.4) is 0 Å². The molecule has 1 aromatic carbocycles. The summed E-state index contributed by atoms with van der Waals surface area (Å²) in [5.74, 6) is 0.00772. The van der Waals surface area contributed by atoms with Crippen molar-refractivity contribution >= 4 is 33.2 Å². The molecule has 0 radical (unpaired) electrons. The highest BCUT2D eigenvalue weighted by molar-refractivity contribution is 7.92. The van der Waals surface area contributed by atoms with Crippen LogP contribution >= 0.6 is 0 Å². The molecule has 0 saturated carbocycles. The zero-order chi connectivity index (χ0) is 17.0. The number of nitrogens with zero attached hydrogens (tertiary/aromatic N) is 1. The summed E-state index contributed by atoms with van der Waals surface area (Å²) in [6.07, 6.45) is 1.08. The molecule has 1 heterocycles. The van der Waals surface area contributed by atoms with Crippen molar-refractivity contribution < 1.29 is 17.7 Å². The number of rotatable bonds is 6. The number of anilines is 3. The highest BCUT2D eigenvalue weighted by atomic mass is 32.2. The standard InChI is InChI=1S/C14H18N4O4S/c1-9-8-13(22-17-9)16-14(19)10(2)15-11-4-6-12(7-5-11)18-23(3,20)21/h4-8,10,15,18H,1-3H3,(H,16,19)/t10-/m1/s1. The Labute approximate surface area is 134 Å². The molecule has 124 valence electrons. The average molecular weight is 338 g/mol. The summed E-state index contributed by atoms with van der Waals surface area (Å²) in [4.78, 5) is 12.0. The summed E-state index contributed by atoms with van der Waals surface area (Å²) in [5.41, 5.74) is 1.81. The molecule has 8 nitrogen and oxygen atoms in total. The predicted molar refractivity (Wildman–Crippen MR) is 87.9 cm³/mol. The normalized spacial score (nSPS) is 12.5. The lowest BCUT2D eigenvalue weighted by atomic mass is 10.2. The molecule has 0 fully saturated rings. The molecule has 2 aromatic rings. The number of aryl methyl sites for hydroxylation is 1. The van der Waals surface area contributed by atoms with E-state index in [0.717, 1.165) is 6.26 Å². The van der Waals surface area contributed by atoms with Crippen LogP contribution in [-0.2, 0) is 14.8 Å². The van der Waals surface area contributed by atoms with Crippen molar-refractivity contribution in [2.75, 3.05) is 21.6 Å². The maximum absolute atomic E-state index is 12.0. The van der Waals surface area contributed by atoms with Gasteiger partial charge >= 0.3 is 0 Å². The Morgan fingerprint density at radius 3 is 2.35 bits per heavy atom. The molecule has 1 atom stereocenters. The molecular weight excluding hydrogens is 320 g/mol. The maximum Gasteiger partial charge on any atom is 0.248 e. The number of carbonyl (C=O) groups excluding carboxylic acids is 1. The van der Waals surface area contributed by atoms with Gasteiger partial charge in [-0.1, -0.05) is 5.16 Å². The Balaban J connectivity index is 1.94. The van der Waals surface area contributed by atoms with Gasteiger partial charge in [0.05, 0.1) is 11.9 Å². The minimum absolute atomic E-state index is 0.278. The molecule has 9 heteroatoms. The highest BCUT2D eigenvalue weighted by Gasteiger charge is 2.14. The number of sulfonamides is 1. The van der Waals surface area contributed by atoms with E-state index in [-0.39, 0.29) is 11.8 Å². The number of amides is 1. The first-order chi connectivity index (χ1) is 10.7. The molecule has 1 amide bonds. The van der Waals surface area contributed by atoms with Crippen LogP contribution in [0.25, 0.3) is 0 Å². The molecule has 0 aliphatic carbocycles. The molecule has 23 heavy (non-hydrogen) atoms. The topological polar surface area (TPSA) is 113 Å². The fourth-order valence-electron chi connectivity index (χ4n) is 1.82. The Hall–Kier alpha value is -2.55. The van der Waals surface area contributed by atoms with Crippen LogP contribution in [-0.4, -0.2) is 31.8 Å². The van der Waals surface area contributed by atoms with Crippen LogP contribution in [0.1, 0.15) is 12.6 Å². The molecule has 0 aliphatic heterocycles. The van der Waals surface area contributed by atoms with Crippen molar-refractivity contribution in [1.82, 2.24) is 5.16 Å². The number of hydrogen-bond donors (Lipinski definition) is 3. The second kappa shape index (κ2) is 6.69. The van der Waals surface area contributed by atoms with Crippen LogP contribution in [0.15, 0.2) is 34.9 Å². The van der Waals surface area contributed by atoms with Gasteiger partial charge in [-0.25, -0.2) is 8.42 Å². The maximum atomic E-state index is 12.0. The summed E-state index contributed by atoms with van der Waals surface area (Å²) >= 11 is 0. The average Bonchev–Trinajstić information content (AvgIpc) is 2.84. The third-order valence-corrected chi connectivity index (χ3v) is 3.45. The number of nitrogens with one attached hydrogen (secondary N) is 3. The van der Waals surface area contributed by atoms with Crippen molar-refractivity contribution in [1.29, 1.82) is 0 Å². The Morgan fingerprint density at radius 2 is 1.83 bits per heavy atom. The van der Waals surface area contributed by atoms with Crippen LogP contribution in [0.5, 0.6) is 0 Å². The van der Waals surface area contributed by atoms with E-state index in [4.69, 9.17) is 4.52 Å². The molecule has 3 N–H and O–H groups in total. The SMILES string of the molecule is Cc1cc(NC(=O)[C@@H](C)Nc2ccc(NS(C)(=O)=O)cc2)on1. The molecule has 2 rings (SSSR count). The first kappa shape index (κ1) is 16.8. The van der Waals surface area contributed by atoms with E-state index in [1.807, 2.05) is 0 Å². The van der Waals surface area contributed by atoms with Gasteiger partial charge in [-0.15, -0.1) is 0 Å². The predicted octanol–water partition coefficient (Wildman–Crippen LogP) is 1.79. The van der Waals surface area contributed by atoms with E-state index in [0.29, 0.717) is 17.1 Å². The van der Waals surface area contributed by atoms with Gasteiger partial charge in [0.2, 0.25) is 21.8 Å². The van der Waals surface area contributed by atoms with Gasteiger partial charge in [-0.2, -0.15) is 0 Å². The first-order valence-electron chi connectivity index (χ1n) is 6.81. The summed E-state index contributed by atoms with van der Waals surface area (Å²) in [6, 6.07) is 7.66. The molecule has 0 bridgehead atoms. The number of aromatic nitrogens is 1. The van der Waals surface area contributed by atoms with E-state index in [1.54, 1.807) is 44.2 Å². The molecule has 0 aliphatic rings. The molecule has 0 spiro atoms. The first-order valence-corrected chi connectivity index (χ1v) is 8.70. The van der Waals surface area contributed by atoms with Gasteiger partial charge in [0.15, 0.2) is 0 Å². The largest absolute Gasteiger partial charge is 0.374 e. The lowest BCUT2D eigenvalue weighted by Crippen LogP contribution is -2.31. The van der Waals surface area contributed by atoms with Gasteiger partial charge < -0.3 is 9.84 Å². The molecule has 0 unspecified atom stereocenters. The third kappa shape index (κ3) is 5.29. The minimum Gasteiger partial charge on any atom is -0.374 e. The fourth-order valence-corrected chi connectivity index (χ4v) is 2.38. The zero-order valence-electron chi connectivity index (χ0n) is 13.0. The minimum atomic E-state index is -3.31. The van der Waals surface area contributed by atoms with Gasteiger partial charge in [-0.05, 0) is 38.1 Å². The van der Waals surface area contributed by atoms with Crippen LogP contribution < -0.4 is 15.4 Å². The number of carbonyl (C=O) groups is 1. The summed E-state index contributed by atoms with van der Waals surface area (Å²) in [5, 5.41) is 9.30. The van der Waals surface area contributed by atoms with Crippen LogP contribution in [0.2, 0.25) is 0 Å². The smallest absolute Gasteiger partial charge is 0.248 e. The van der Waals surface area contributed by atoms with Crippen LogP contribution in [0.4, 0.5) is 17.3 Å². The number of benzene rings is 1. The third-order valence-electron chi connectivity index (χ3n) is 2.84. The van der Waals surface area contributed by atoms with Gasteiger partial charge in [0.25, 0.3) is 0 Å². The second-order valence-electron chi connectivity index (χ2n) is 5.14. The second-order valence-corrected chi connectivity index (χ2v) is 6.89. The lowest BCUT2D eigenvalue weighted by Gasteiger charge is -2.14. The van der Waals surface area contributed by atoms with Crippen LogP contribution in [0, 0.1) is 6.92 Å². The lowest BCUT2D eigenvalue weighted by molar-refractivity contribution is -0.116. The quantitative estimate of drug-likeness (QED) is 0.740. The van der Waals surface area contributed by atoms with E-state index in [2.05, 4.69) is 20.5 Å². The van der Waals surface area contributed by atoms with Crippen molar-refractivity contribution in [3.8, 4) is 0 Å². The van der Waals surface area contributed by atoms with E-state index in [9.17, 15) is 13.2 Å². The fraction of sp³-hybridized carbons (Fsp3) is 0.286. The van der Waals surface area contributed by atoms with E-state index >= 15 is 0 Å². The summed E-state index contributed by atoms with van der Waals surface area (Å²) < 4.78 is 29.6. The summed E-state index contributed by atoms with van der Waals surface area (Å²) in [7, 11) is -3.31. The monoisotopic (exact) mass is 338 g/mol. The summed E-state index contributed by atoms with van der Waals surface area (Å²) in [6.45, 7) is 3.45. The van der Waals surface area contributed by atoms with Crippen molar-refractivity contribution in [3.05, 3.63) is 36.0 Å². The molecule has 1 aromatic heterocycles. The Morgan fingerprint density at radius 1 is 1.22 bits per heavy atom. The van der Waals surface area contributed by atoms with Gasteiger partial charge in [0, 0.05) is 17.4 Å². The Kier molecular flexibility index (Phi) is 4.89. The van der Waals surface area contributed by atoms with Crippen molar-refractivity contribution in [2.45, 2.75) is 19.9 Å².